The predicted octanol–water partition coefficient (Wildman–Crippen LogP) is 1.87. The molecule has 5 nitrogen and oxygen atoms in total. The molecule has 0 atom stereocenters. The van der Waals surface area contributed by atoms with Crippen molar-refractivity contribution in [1.82, 2.24) is 10.3 Å². The zero-order chi connectivity index (χ0) is 13.0. The fraction of sp³-hybridized carbons (Fsp3) is 0.231. The number of nitrogens with zero attached hydrogens (tertiary/aromatic N) is 1. The minimum atomic E-state index is -0.934. The number of aryl methyl sites for hydroxylation is 1. The van der Waals surface area contributed by atoms with Gasteiger partial charge in [-0.1, -0.05) is 12.1 Å². The van der Waals surface area contributed by atoms with Crippen molar-refractivity contribution in [1.29, 1.82) is 0 Å². The molecule has 0 spiro atoms. The number of hydrogen-bond acceptors (Lipinski definition) is 4. The number of hydrogen-bond donors (Lipinski definition) is 2. The van der Waals surface area contributed by atoms with Gasteiger partial charge in [0, 0.05) is 26.1 Å². The first kappa shape index (κ1) is 12.3. The molecule has 0 amide bonds. The average Bonchev–Trinajstić information content (AvgIpc) is 2.67. The zero-order valence-electron chi connectivity index (χ0n) is 10.0. The molecule has 94 valence electrons. The van der Waals surface area contributed by atoms with Crippen LogP contribution < -0.4 is 5.32 Å². The van der Waals surface area contributed by atoms with Crippen molar-refractivity contribution < 1.29 is 14.3 Å². The van der Waals surface area contributed by atoms with E-state index in [1.807, 2.05) is 25.1 Å². The summed E-state index contributed by atoms with van der Waals surface area (Å²) in [5.41, 5.74) is 2.70. The van der Waals surface area contributed by atoms with Crippen LogP contribution in [0, 0.1) is 6.92 Å². The SMILES string of the molecule is Cc1nc2cc(CNC/C=C/C(=O)O)ccc2o1. The maximum absolute atomic E-state index is 10.2. The standard InChI is InChI=1S/C13H14N2O3/c1-9-15-11-7-10(4-5-12(11)18-9)8-14-6-2-3-13(16)17/h2-5,7,14H,6,8H2,1H3,(H,16,17)/b3-2+. The Labute approximate surface area is 104 Å². The summed E-state index contributed by atoms with van der Waals surface area (Å²) in [5, 5.41) is 11.5. The molecular formula is C13H14N2O3. The molecule has 0 aliphatic carbocycles. The Hall–Kier alpha value is -2.14. The smallest absolute Gasteiger partial charge is 0.328 e. The van der Waals surface area contributed by atoms with Crippen molar-refractivity contribution in [2.75, 3.05) is 6.54 Å². The van der Waals surface area contributed by atoms with Gasteiger partial charge in [0.1, 0.15) is 5.52 Å². The van der Waals surface area contributed by atoms with E-state index in [-0.39, 0.29) is 0 Å². The Morgan fingerprint density at radius 1 is 1.56 bits per heavy atom. The number of aliphatic carboxylic acids is 1. The predicted molar refractivity (Wildman–Crippen MR) is 67.2 cm³/mol. The Morgan fingerprint density at radius 2 is 2.39 bits per heavy atom. The molecule has 0 radical (unpaired) electrons. The molecule has 1 heterocycles. The van der Waals surface area contributed by atoms with E-state index < -0.39 is 5.97 Å². The van der Waals surface area contributed by atoms with Crippen LogP contribution in [0.5, 0.6) is 0 Å². The molecule has 5 heteroatoms. The minimum Gasteiger partial charge on any atom is -0.478 e. The van der Waals surface area contributed by atoms with Gasteiger partial charge < -0.3 is 14.8 Å². The van der Waals surface area contributed by atoms with E-state index >= 15 is 0 Å². The van der Waals surface area contributed by atoms with Crippen molar-refractivity contribution in [2.24, 2.45) is 0 Å². The van der Waals surface area contributed by atoms with Crippen LogP contribution >= 0.6 is 0 Å². The largest absolute Gasteiger partial charge is 0.478 e. The van der Waals surface area contributed by atoms with E-state index in [0.717, 1.165) is 22.7 Å². The molecule has 2 N–H and O–H groups in total. The first-order valence-corrected chi connectivity index (χ1v) is 5.61. The fourth-order valence-electron chi connectivity index (χ4n) is 1.66. The lowest BCUT2D eigenvalue weighted by Crippen LogP contribution is -2.13. The van der Waals surface area contributed by atoms with Gasteiger partial charge in [-0.15, -0.1) is 0 Å². The van der Waals surface area contributed by atoms with Gasteiger partial charge in [-0.25, -0.2) is 9.78 Å². The van der Waals surface area contributed by atoms with Crippen LogP contribution in [0.15, 0.2) is 34.8 Å². The molecule has 2 aromatic rings. The van der Waals surface area contributed by atoms with Gasteiger partial charge in [-0.2, -0.15) is 0 Å². The third kappa shape index (κ3) is 3.18. The third-order valence-electron chi connectivity index (χ3n) is 2.41. The van der Waals surface area contributed by atoms with E-state index in [4.69, 9.17) is 9.52 Å². The van der Waals surface area contributed by atoms with Crippen molar-refractivity contribution in [3.63, 3.8) is 0 Å². The Bertz CT molecular complexity index is 587. The molecule has 0 aliphatic rings. The molecule has 0 bridgehead atoms. The summed E-state index contributed by atoms with van der Waals surface area (Å²) in [4.78, 5) is 14.5. The van der Waals surface area contributed by atoms with Crippen LogP contribution in [0.25, 0.3) is 11.1 Å². The number of fused-ring (bicyclic) bond motifs is 1. The summed E-state index contributed by atoms with van der Waals surface area (Å²) in [6.45, 7) is 2.99. The normalized spacial score (nSPS) is 11.4. The lowest BCUT2D eigenvalue weighted by molar-refractivity contribution is -0.131. The van der Waals surface area contributed by atoms with E-state index in [1.165, 1.54) is 0 Å². The number of carbonyl (C=O) groups is 1. The zero-order valence-corrected chi connectivity index (χ0v) is 10.0. The molecular weight excluding hydrogens is 232 g/mol. The lowest BCUT2D eigenvalue weighted by atomic mass is 10.2. The number of carboxylic acid groups (broad SMARTS) is 1. The second kappa shape index (κ2) is 5.46. The summed E-state index contributed by atoms with van der Waals surface area (Å²) >= 11 is 0. The maximum atomic E-state index is 10.2. The first-order chi connectivity index (χ1) is 8.65. The van der Waals surface area contributed by atoms with Crippen LogP contribution in [-0.4, -0.2) is 22.6 Å². The lowest BCUT2D eigenvalue weighted by Gasteiger charge is -2.01. The van der Waals surface area contributed by atoms with Gasteiger partial charge in [-0.05, 0) is 17.7 Å². The van der Waals surface area contributed by atoms with Crippen molar-refractivity contribution in [2.45, 2.75) is 13.5 Å². The maximum Gasteiger partial charge on any atom is 0.328 e. The van der Waals surface area contributed by atoms with Crippen molar-refractivity contribution in [3.05, 3.63) is 41.8 Å². The summed E-state index contributed by atoms with van der Waals surface area (Å²) in [7, 11) is 0. The average molecular weight is 246 g/mol. The van der Waals surface area contributed by atoms with Crippen LogP contribution in [0.3, 0.4) is 0 Å². The van der Waals surface area contributed by atoms with E-state index in [9.17, 15) is 4.79 Å². The monoisotopic (exact) mass is 246 g/mol. The third-order valence-corrected chi connectivity index (χ3v) is 2.41. The first-order valence-electron chi connectivity index (χ1n) is 5.61. The highest BCUT2D eigenvalue weighted by Crippen LogP contribution is 2.16. The molecule has 0 aliphatic heterocycles. The Kier molecular flexibility index (Phi) is 3.74. The summed E-state index contributed by atoms with van der Waals surface area (Å²) < 4.78 is 5.38. The number of oxazole rings is 1. The van der Waals surface area contributed by atoms with Gasteiger partial charge >= 0.3 is 5.97 Å². The van der Waals surface area contributed by atoms with Crippen molar-refractivity contribution in [3.8, 4) is 0 Å². The molecule has 18 heavy (non-hydrogen) atoms. The summed E-state index contributed by atoms with van der Waals surface area (Å²) in [5.74, 6) is -0.282. The number of carboxylic acids is 1. The Balaban J connectivity index is 1.93. The van der Waals surface area contributed by atoms with E-state index in [0.29, 0.717) is 19.0 Å². The van der Waals surface area contributed by atoms with Crippen LogP contribution in [0.4, 0.5) is 0 Å². The molecule has 1 aromatic heterocycles. The van der Waals surface area contributed by atoms with Crippen molar-refractivity contribution >= 4 is 17.1 Å². The topological polar surface area (TPSA) is 75.4 Å². The highest BCUT2D eigenvalue weighted by Gasteiger charge is 2.02. The second-order valence-electron chi connectivity index (χ2n) is 3.91. The molecule has 0 saturated carbocycles. The molecule has 0 saturated heterocycles. The number of benzene rings is 1. The van der Waals surface area contributed by atoms with Gasteiger partial charge in [0.15, 0.2) is 11.5 Å². The molecule has 1 aromatic carbocycles. The van der Waals surface area contributed by atoms with Gasteiger partial charge in [0.2, 0.25) is 0 Å². The molecule has 2 rings (SSSR count). The highest BCUT2D eigenvalue weighted by atomic mass is 16.4. The fourth-order valence-corrected chi connectivity index (χ4v) is 1.66. The van der Waals surface area contributed by atoms with Gasteiger partial charge in [0.25, 0.3) is 0 Å². The molecule has 0 unspecified atom stereocenters. The van der Waals surface area contributed by atoms with Crippen LogP contribution in [-0.2, 0) is 11.3 Å². The minimum absolute atomic E-state index is 0.516. The Morgan fingerprint density at radius 3 is 3.17 bits per heavy atom. The van der Waals surface area contributed by atoms with Crippen LogP contribution in [0.1, 0.15) is 11.5 Å². The number of nitrogens with one attached hydrogen (secondary N) is 1. The molecule has 0 fully saturated rings. The van der Waals surface area contributed by atoms with E-state index in [1.54, 1.807) is 6.08 Å². The van der Waals surface area contributed by atoms with E-state index in [2.05, 4.69) is 10.3 Å². The summed E-state index contributed by atoms with van der Waals surface area (Å²) in [6.07, 6.45) is 2.69. The number of rotatable bonds is 5. The van der Waals surface area contributed by atoms with Crippen LogP contribution in [0.2, 0.25) is 0 Å². The quantitative estimate of drug-likeness (QED) is 0.622. The van der Waals surface area contributed by atoms with Gasteiger partial charge in [-0.3, -0.25) is 0 Å². The summed E-state index contributed by atoms with van der Waals surface area (Å²) in [6, 6.07) is 5.81. The van der Waals surface area contributed by atoms with Gasteiger partial charge in [0.05, 0.1) is 0 Å². The highest BCUT2D eigenvalue weighted by molar-refractivity contribution is 5.79. The second-order valence-corrected chi connectivity index (χ2v) is 3.91. The number of aromatic nitrogens is 1.